The molecule has 0 atom stereocenters. The van der Waals surface area contributed by atoms with E-state index in [4.69, 9.17) is 17.3 Å². The summed E-state index contributed by atoms with van der Waals surface area (Å²) in [6.07, 6.45) is 1.81. The van der Waals surface area contributed by atoms with E-state index in [1.807, 2.05) is 23.7 Å². The van der Waals surface area contributed by atoms with Gasteiger partial charge in [0.25, 0.3) is 0 Å². The molecule has 0 aliphatic rings. The number of aromatic nitrogens is 2. The average Bonchev–Trinajstić information content (AvgIpc) is 2.64. The third-order valence-electron chi connectivity index (χ3n) is 3.00. The van der Waals surface area contributed by atoms with Crippen LogP contribution in [0.15, 0.2) is 28.7 Å². The average molecular weight is 329 g/mol. The van der Waals surface area contributed by atoms with Crippen LogP contribution in [0.1, 0.15) is 17.1 Å². The van der Waals surface area contributed by atoms with E-state index in [0.717, 1.165) is 28.8 Å². The Morgan fingerprint density at radius 3 is 2.50 bits per heavy atom. The Morgan fingerprint density at radius 2 is 1.94 bits per heavy atom. The summed E-state index contributed by atoms with van der Waals surface area (Å²) in [5, 5.41) is 0.565. The first-order valence-corrected chi connectivity index (χ1v) is 6.93. The summed E-state index contributed by atoms with van der Waals surface area (Å²) in [6, 6.07) is 8.31. The van der Waals surface area contributed by atoms with Gasteiger partial charge in [-0.05, 0) is 30.5 Å². The summed E-state index contributed by atoms with van der Waals surface area (Å²) < 4.78 is 3.08. The Labute approximate surface area is 120 Å². The van der Waals surface area contributed by atoms with Gasteiger partial charge in [-0.2, -0.15) is 0 Å². The second kappa shape index (κ2) is 5.87. The van der Waals surface area contributed by atoms with E-state index in [0.29, 0.717) is 11.7 Å². The second-order valence-corrected chi connectivity index (χ2v) is 5.43. The third kappa shape index (κ3) is 2.94. The topological polar surface area (TPSA) is 43.8 Å². The van der Waals surface area contributed by atoms with Crippen molar-refractivity contribution in [1.29, 1.82) is 0 Å². The Balaban J connectivity index is 2.10. The SMILES string of the molecule is Cn1c(CN)nc(Cl)c1CCc1ccc(Br)cc1. The molecule has 0 spiro atoms. The molecule has 1 aromatic carbocycles. The number of hydrogen-bond acceptors (Lipinski definition) is 2. The van der Waals surface area contributed by atoms with Gasteiger partial charge in [-0.25, -0.2) is 4.98 Å². The van der Waals surface area contributed by atoms with E-state index >= 15 is 0 Å². The molecule has 1 aromatic heterocycles. The summed E-state index contributed by atoms with van der Waals surface area (Å²) >= 11 is 9.55. The Bertz CT molecular complexity index is 534. The maximum Gasteiger partial charge on any atom is 0.150 e. The van der Waals surface area contributed by atoms with Crippen molar-refractivity contribution >= 4 is 27.5 Å². The maximum atomic E-state index is 6.13. The third-order valence-corrected chi connectivity index (χ3v) is 3.84. The van der Waals surface area contributed by atoms with Crippen molar-refractivity contribution in [2.24, 2.45) is 12.8 Å². The van der Waals surface area contributed by atoms with Gasteiger partial charge in [-0.1, -0.05) is 39.7 Å². The molecule has 0 fully saturated rings. The van der Waals surface area contributed by atoms with Gasteiger partial charge in [0.1, 0.15) is 5.82 Å². The summed E-state index contributed by atoms with van der Waals surface area (Å²) in [6.45, 7) is 0.411. The van der Waals surface area contributed by atoms with E-state index < -0.39 is 0 Å². The van der Waals surface area contributed by atoms with Crippen LogP contribution < -0.4 is 5.73 Å². The van der Waals surface area contributed by atoms with Gasteiger partial charge >= 0.3 is 0 Å². The lowest BCUT2D eigenvalue weighted by Gasteiger charge is -2.05. The largest absolute Gasteiger partial charge is 0.333 e. The van der Waals surface area contributed by atoms with E-state index in [-0.39, 0.29) is 0 Å². The number of benzene rings is 1. The highest BCUT2D eigenvalue weighted by Crippen LogP contribution is 2.19. The normalized spacial score (nSPS) is 10.9. The smallest absolute Gasteiger partial charge is 0.150 e. The fourth-order valence-corrected chi connectivity index (χ4v) is 2.50. The monoisotopic (exact) mass is 327 g/mol. The number of hydrogen-bond donors (Lipinski definition) is 1. The predicted octanol–water partition coefficient (Wildman–Crippen LogP) is 3.08. The molecule has 0 radical (unpaired) electrons. The molecule has 2 aromatic rings. The van der Waals surface area contributed by atoms with Gasteiger partial charge < -0.3 is 10.3 Å². The molecule has 2 N–H and O–H groups in total. The fraction of sp³-hybridized carbons (Fsp3) is 0.308. The van der Waals surface area contributed by atoms with Crippen LogP contribution in [0.2, 0.25) is 5.15 Å². The molecule has 0 bridgehead atoms. The van der Waals surface area contributed by atoms with Crippen molar-refractivity contribution in [2.45, 2.75) is 19.4 Å². The molecule has 0 saturated heterocycles. The lowest BCUT2D eigenvalue weighted by molar-refractivity contribution is 0.739. The van der Waals surface area contributed by atoms with Crippen molar-refractivity contribution < 1.29 is 0 Å². The predicted molar refractivity (Wildman–Crippen MR) is 77.7 cm³/mol. The standard InChI is InChI=1S/C13H15BrClN3/c1-18-11(13(15)17-12(18)8-16)7-4-9-2-5-10(14)6-3-9/h2-3,5-6H,4,7-8,16H2,1H3. The van der Waals surface area contributed by atoms with E-state index in [1.54, 1.807) is 0 Å². The fourth-order valence-electron chi connectivity index (χ4n) is 1.91. The maximum absolute atomic E-state index is 6.13. The first kappa shape index (κ1) is 13.6. The molecule has 5 heteroatoms. The molecule has 0 saturated carbocycles. The number of aryl methyl sites for hydroxylation is 1. The van der Waals surface area contributed by atoms with Gasteiger partial charge in [0, 0.05) is 11.5 Å². The van der Waals surface area contributed by atoms with Crippen molar-refractivity contribution in [3.05, 3.63) is 51.0 Å². The van der Waals surface area contributed by atoms with Crippen LogP contribution in [-0.4, -0.2) is 9.55 Å². The molecule has 0 amide bonds. The number of halogens is 2. The Morgan fingerprint density at radius 1 is 1.28 bits per heavy atom. The molecule has 3 nitrogen and oxygen atoms in total. The number of nitrogens with two attached hydrogens (primary N) is 1. The van der Waals surface area contributed by atoms with Crippen molar-refractivity contribution in [2.75, 3.05) is 0 Å². The number of rotatable bonds is 4. The van der Waals surface area contributed by atoms with Crippen molar-refractivity contribution in [1.82, 2.24) is 9.55 Å². The highest BCUT2D eigenvalue weighted by molar-refractivity contribution is 9.10. The van der Waals surface area contributed by atoms with Gasteiger partial charge in [-0.15, -0.1) is 0 Å². The minimum absolute atomic E-state index is 0.411. The second-order valence-electron chi connectivity index (χ2n) is 4.16. The summed E-state index contributed by atoms with van der Waals surface area (Å²) in [4.78, 5) is 4.25. The van der Waals surface area contributed by atoms with Crippen LogP contribution in [0, 0.1) is 0 Å². The lowest BCUT2D eigenvalue weighted by Crippen LogP contribution is -2.07. The summed E-state index contributed by atoms with van der Waals surface area (Å²) in [7, 11) is 1.96. The molecular weight excluding hydrogens is 314 g/mol. The highest BCUT2D eigenvalue weighted by atomic mass is 79.9. The van der Waals surface area contributed by atoms with Gasteiger partial charge in [-0.3, -0.25) is 0 Å². The van der Waals surface area contributed by atoms with E-state index in [1.165, 1.54) is 5.56 Å². The molecule has 1 heterocycles. The first-order valence-electron chi connectivity index (χ1n) is 5.76. The zero-order chi connectivity index (χ0) is 13.1. The van der Waals surface area contributed by atoms with Crippen molar-refractivity contribution in [3.63, 3.8) is 0 Å². The molecule has 18 heavy (non-hydrogen) atoms. The zero-order valence-electron chi connectivity index (χ0n) is 10.2. The molecule has 0 unspecified atom stereocenters. The summed E-state index contributed by atoms with van der Waals surface area (Å²) in [5.41, 5.74) is 7.93. The van der Waals surface area contributed by atoms with Crippen LogP contribution in [0.25, 0.3) is 0 Å². The van der Waals surface area contributed by atoms with Crippen LogP contribution in [-0.2, 0) is 26.4 Å². The van der Waals surface area contributed by atoms with E-state index in [9.17, 15) is 0 Å². The van der Waals surface area contributed by atoms with Gasteiger partial charge in [0.15, 0.2) is 5.15 Å². The minimum atomic E-state index is 0.411. The molecule has 96 valence electrons. The lowest BCUT2D eigenvalue weighted by atomic mass is 10.1. The number of imidazole rings is 1. The quantitative estimate of drug-likeness (QED) is 0.937. The van der Waals surface area contributed by atoms with Gasteiger partial charge in [0.2, 0.25) is 0 Å². The summed E-state index contributed by atoms with van der Waals surface area (Å²) in [5.74, 6) is 0.825. The molecular formula is C13H15BrClN3. The first-order chi connectivity index (χ1) is 8.61. The highest BCUT2D eigenvalue weighted by Gasteiger charge is 2.11. The van der Waals surface area contributed by atoms with Crippen LogP contribution in [0.3, 0.4) is 0 Å². The molecule has 2 rings (SSSR count). The zero-order valence-corrected chi connectivity index (χ0v) is 12.5. The number of nitrogens with zero attached hydrogens (tertiary/aromatic N) is 2. The van der Waals surface area contributed by atoms with E-state index in [2.05, 4.69) is 33.0 Å². The Kier molecular flexibility index (Phi) is 4.43. The van der Waals surface area contributed by atoms with Crippen LogP contribution in [0.5, 0.6) is 0 Å². The molecule has 0 aliphatic heterocycles. The minimum Gasteiger partial charge on any atom is -0.333 e. The van der Waals surface area contributed by atoms with Gasteiger partial charge in [0.05, 0.1) is 12.2 Å². The van der Waals surface area contributed by atoms with Crippen LogP contribution in [0.4, 0.5) is 0 Å². The molecule has 0 aliphatic carbocycles. The Hall–Kier alpha value is -0.840. The van der Waals surface area contributed by atoms with Crippen molar-refractivity contribution in [3.8, 4) is 0 Å². The van der Waals surface area contributed by atoms with Crippen LogP contribution >= 0.6 is 27.5 Å².